The van der Waals surface area contributed by atoms with Gasteiger partial charge in [-0.05, 0) is 11.1 Å². The van der Waals surface area contributed by atoms with Crippen molar-refractivity contribution in [1.82, 2.24) is 0 Å². The first kappa shape index (κ1) is 13.2. The van der Waals surface area contributed by atoms with Crippen molar-refractivity contribution in [1.29, 1.82) is 0 Å². The minimum absolute atomic E-state index is 0.0649. The molecule has 0 saturated heterocycles. The van der Waals surface area contributed by atoms with Gasteiger partial charge in [0.25, 0.3) is 0 Å². The maximum absolute atomic E-state index is 11.1. The predicted molar refractivity (Wildman–Crippen MR) is 63.5 cm³/mol. The summed E-state index contributed by atoms with van der Waals surface area (Å²) in [6.07, 6.45) is 2.30. The molecule has 0 amide bonds. The normalized spacial score (nSPS) is 12.6. The molecule has 0 aliphatic rings. The van der Waals surface area contributed by atoms with E-state index in [1.807, 2.05) is 0 Å². The van der Waals surface area contributed by atoms with Crippen LogP contribution in [0.5, 0.6) is 0 Å². The van der Waals surface area contributed by atoms with Gasteiger partial charge in [-0.1, -0.05) is 24.3 Å². The highest BCUT2D eigenvalue weighted by Gasteiger charge is 2.08. The van der Waals surface area contributed by atoms with E-state index in [1.165, 1.54) is 0 Å². The fraction of sp³-hybridized carbons (Fsp3) is 0.400. The molecule has 0 fully saturated rings. The van der Waals surface area contributed by atoms with Crippen LogP contribution in [0.3, 0.4) is 0 Å². The van der Waals surface area contributed by atoms with Crippen LogP contribution in [-0.2, 0) is 31.2 Å². The van der Waals surface area contributed by atoms with Gasteiger partial charge in [-0.3, -0.25) is 0 Å². The summed E-state index contributed by atoms with van der Waals surface area (Å²) in [7, 11) is -6.17. The molecule has 16 heavy (non-hydrogen) atoms. The molecule has 0 heterocycles. The molecule has 4 nitrogen and oxygen atoms in total. The van der Waals surface area contributed by atoms with Gasteiger partial charge >= 0.3 is 0 Å². The van der Waals surface area contributed by atoms with Crippen LogP contribution in [0.25, 0.3) is 0 Å². The summed E-state index contributed by atoms with van der Waals surface area (Å²) >= 11 is 0. The second-order valence-corrected chi connectivity index (χ2v) is 8.24. The predicted octanol–water partition coefficient (Wildman–Crippen LogP) is 0.776. The van der Waals surface area contributed by atoms with E-state index in [9.17, 15) is 16.8 Å². The van der Waals surface area contributed by atoms with Crippen molar-refractivity contribution >= 4 is 19.7 Å². The molecule has 0 aromatic heterocycles. The van der Waals surface area contributed by atoms with Crippen LogP contribution in [0.1, 0.15) is 11.1 Å². The molecule has 1 aromatic rings. The quantitative estimate of drug-likeness (QED) is 0.804. The minimum Gasteiger partial charge on any atom is -0.229 e. The van der Waals surface area contributed by atoms with E-state index < -0.39 is 19.7 Å². The zero-order valence-corrected chi connectivity index (χ0v) is 10.8. The molecule has 0 spiro atoms. The summed E-state index contributed by atoms with van der Waals surface area (Å²) in [6.45, 7) is 0. The lowest BCUT2D eigenvalue weighted by Crippen LogP contribution is -2.03. The Balaban J connectivity index is 2.96. The second kappa shape index (κ2) is 4.55. The van der Waals surface area contributed by atoms with Crippen molar-refractivity contribution < 1.29 is 16.8 Å². The van der Waals surface area contributed by atoms with Gasteiger partial charge in [0.05, 0.1) is 11.5 Å². The molecule has 0 radical (unpaired) electrons. The average molecular weight is 262 g/mol. The highest BCUT2D eigenvalue weighted by molar-refractivity contribution is 7.90. The summed E-state index contributed by atoms with van der Waals surface area (Å²) in [5.41, 5.74) is 1.23. The number of rotatable bonds is 4. The van der Waals surface area contributed by atoms with Gasteiger partial charge in [0.1, 0.15) is 0 Å². The third-order valence-corrected chi connectivity index (χ3v) is 3.56. The molecule has 0 atom stereocenters. The molecule has 0 aliphatic carbocycles. The maximum Gasteiger partial charge on any atom is 0.151 e. The van der Waals surface area contributed by atoms with Crippen molar-refractivity contribution in [2.75, 3.05) is 12.5 Å². The summed E-state index contributed by atoms with van der Waals surface area (Å²) in [6, 6.07) is 6.63. The lowest BCUT2D eigenvalue weighted by molar-refractivity contribution is 0.600. The summed E-state index contributed by atoms with van der Waals surface area (Å²) < 4.78 is 44.3. The van der Waals surface area contributed by atoms with E-state index in [4.69, 9.17) is 0 Å². The third kappa shape index (κ3) is 5.27. The fourth-order valence-corrected chi connectivity index (χ4v) is 2.98. The van der Waals surface area contributed by atoms with Crippen molar-refractivity contribution in [2.24, 2.45) is 0 Å². The summed E-state index contributed by atoms with van der Waals surface area (Å²) in [5, 5.41) is 0. The number of benzene rings is 1. The molecule has 1 rings (SSSR count). The Morgan fingerprint density at radius 1 is 0.875 bits per heavy atom. The number of sulfone groups is 2. The van der Waals surface area contributed by atoms with Crippen molar-refractivity contribution in [2.45, 2.75) is 11.5 Å². The average Bonchev–Trinajstić information content (AvgIpc) is 1.96. The van der Waals surface area contributed by atoms with E-state index >= 15 is 0 Å². The Bertz CT molecular complexity index is 521. The van der Waals surface area contributed by atoms with Crippen LogP contribution in [0.2, 0.25) is 0 Å². The van der Waals surface area contributed by atoms with Crippen molar-refractivity contribution in [3.05, 3.63) is 35.4 Å². The SMILES string of the molecule is CS(=O)(=O)Cc1cccc(CS(C)(=O)=O)c1. The zero-order valence-electron chi connectivity index (χ0n) is 9.17. The molecular weight excluding hydrogens is 248 g/mol. The standard InChI is InChI=1S/C10H14O4S2/c1-15(11,12)7-9-4-3-5-10(6-9)8-16(2,13)14/h3-6H,7-8H2,1-2H3. The van der Waals surface area contributed by atoms with Gasteiger partial charge in [0, 0.05) is 12.5 Å². The van der Waals surface area contributed by atoms with Crippen LogP contribution in [-0.4, -0.2) is 29.3 Å². The Labute approximate surface area is 96.1 Å². The van der Waals surface area contributed by atoms with Gasteiger partial charge in [0.2, 0.25) is 0 Å². The summed E-state index contributed by atoms with van der Waals surface area (Å²) in [5.74, 6) is -0.130. The van der Waals surface area contributed by atoms with Gasteiger partial charge in [-0.25, -0.2) is 16.8 Å². The van der Waals surface area contributed by atoms with Crippen LogP contribution in [0, 0.1) is 0 Å². The molecule has 90 valence electrons. The molecule has 0 unspecified atom stereocenters. The van der Waals surface area contributed by atoms with Crippen LogP contribution in [0.15, 0.2) is 24.3 Å². The zero-order chi connectivity index (χ0) is 12.4. The van der Waals surface area contributed by atoms with Gasteiger partial charge in [0.15, 0.2) is 19.7 Å². The number of hydrogen-bond acceptors (Lipinski definition) is 4. The third-order valence-electron chi connectivity index (χ3n) is 1.85. The van der Waals surface area contributed by atoms with Crippen molar-refractivity contribution in [3.63, 3.8) is 0 Å². The van der Waals surface area contributed by atoms with Gasteiger partial charge in [-0.15, -0.1) is 0 Å². The molecule has 1 aromatic carbocycles. The lowest BCUT2D eigenvalue weighted by Gasteiger charge is -2.03. The largest absolute Gasteiger partial charge is 0.229 e. The molecule has 0 aliphatic heterocycles. The fourth-order valence-electron chi connectivity index (χ4n) is 1.41. The number of hydrogen-bond donors (Lipinski definition) is 0. The Morgan fingerprint density at radius 3 is 1.56 bits per heavy atom. The van der Waals surface area contributed by atoms with E-state index in [0.29, 0.717) is 11.1 Å². The molecule has 0 N–H and O–H groups in total. The highest BCUT2D eigenvalue weighted by Crippen LogP contribution is 2.11. The Hall–Kier alpha value is -0.880. The molecular formula is C10H14O4S2. The Morgan fingerprint density at radius 2 is 1.25 bits per heavy atom. The van der Waals surface area contributed by atoms with E-state index in [1.54, 1.807) is 24.3 Å². The lowest BCUT2D eigenvalue weighted by atomic mass is 10.2. The first-order valence-corrected chi connectivity index (χ1v) is 8.71. The van der Waals surface area contributed by atoms with Crippen LogP contribution >= 0.6 is 0 Å². The topological polar surface area (TPSA) is 68.3 Å². The first-order valence-electron chi connectivity index (χ1n) is 4.59. The molecule has 0 saturated carbocycles. The van der Waals surface area contributed by atoms with E-state index in [0.717, 1.165) is 12.5 Å². The molecule has 6 heteroatoms. The summed E-state index contributed by atoms with van der Waals surface area (Å²) in [4.78, 5) is 0. The van der Waals surface area contributed by atoms with Crippen LogP contribution < -0.4 is 0 Å². The first-order chi connectivity index (χ1) is 7.16. The van der Waals surface area contributed by atoms with Gasteiger partial charge < -0.3 is 0 Å². The maximum atomic E-state index is 11.1. The smallest absolute Gasteiger partial charge is 0.151 e. The minimum atomic E-state index is -3.09. The van der Waals surface area contributed by atoms with Crippen molar-refractivity contribution in [3.8, 4) is 0 Å². The second-order valence-electron chi connectivity index (χ2n) is 3.96. The highest BCUT2D eigenvalue weighted by atomic mass is 32.2. The monoisotopic (exact) mass is 262 g/mol. The Kier molecular flexibility index (Phi) is 3.75. The van der Waals surface area contributed by atoms with E-state index in [2.05, 4.69) is 0 Å². The van der Waals surface area contributed by atoms with E-state index in [-0.39, 0.29) is 11.5 Å². The van der Waals surface area contributed by atoms with Gasteiger partial charge in [-0.2, -0.15) is 0 Å². The van der Waals surface area contributed by atoms with Crippen LogP contribution in [0.4, 0.5) is 0 Å². The molecule has 0 bridgehead atoms.